The lowest BCUT2D eigenvalue weighted by molar-refractivity contribution is 0.894. The molecule has 0 saturated carbocycles. The molecule has 0 aliphatic heterocycles. The molecule has 0 saturated heterocycles. The van der Waals surface area contributed by atoms with E-state index in [4.69, 9.17) is 5.73 Å². The van der Waals surface area contributed by atoms with E-state index in [1.54, 1.807) is 11.3 Å². The van der Waals surface area contributed by atoms with Crippen LogP contribution in [-0.2, 0) is 12.8 Å². The van der Waals surface area contributed by atoms with Gasteiger partial charge in [0.1, 0.15) is 0 Å². The van der Waals surface area contributed by atoms with E-state index in [1.807, 2.05) is 0 Å². The SMILES string of the molecule is CCCc1nc(CC)c(-c2nnc(N)s2)s1. The van der Waals surface area contributed by atoms with Crippen LogP contribution < -0.4 is 5.73 Å². The predicted octanol–water partition coefficient (Wildman–Crippen LogP) is 2.76. The van der Waals surface area contributed by atoms with Crippen molar-refractivity contribution in [1.82, 2.24) is 15.2 Å². The van der Waals surface area contributed by atoms with E-state index < -0.39 is 0 Å². The van der Waals surface area contributed by atoms with Crippen molar-refractivity contribution in [3.05, 3.63) is 10.7 Å². The number of aromatic nitrogens is 3. The number of hydrogen-bond donors (Lipinski definition) is 1. The van der Waals surface area contributed by atoms with Gasteiger partial charge in [0.25, 0.3) is 0 Å². The van der Waals surface area contributed by atoms with E-state index in [0.717, 1.165) is 34.8 Å². The van der Waals surface area contributed by atoms with Gasteiger partial charge in [0.05, 0.1) is 15.6 Å². The van der Waals surface area contributed by atoms with Crippen LogP contribution in [0.2, 0.25) is 0 Å². The zero-order valence-electron chi connectivity index (χ0n) is 9.36. The molecular weight excluding hydrogens is 240 g/mol. The molecule has 6 heteroatoms. The van der Waals surface area contributed by atoms with Crippen molar-refractivity contribution in [1.29, 1.82) is 0 Å². The maximum atomic E-state index is 5.60. The Labute approximate surface area is 103 Å². The third kappa shape index (κ3) is 2.22. The van der Waals surface area contributed by atoms with Crippen LogP contribution in [0.4, 0.5) is 5.13 Å². The van der Waals surface area contributed by atoms with Crippen molar-refractivity contribution in [2.45, 2.75) is 33.1 Å². The molecule has 0 aliphatic rings. The van der Waals surface area contributed by atoms with E-state index >= 15 is 0 Å². The maximum absolute atomic E-state index is 5.60. The van der Waals surface area contributed by atoms with Crippen LogP contribution in [0.1, 0.15) is 31.0 Å². The Balaban J connectivity index is 2.38. The molecule has 0 fully saturated rings. The highest BCUT2D eigenvalue weighted by Crippen LogP contribution is 2.33. The smallest absolute Gasteiger partial charge is 0.203 e. The summed E-state index contributed by atoms with van der Waals surface area (Å²) in [6.45, 7) is 4.27. The molecular formula is C10H14N4S2. The van der Waals surface area contributed by atoms with Gasteiger partial charge in [-0.25, -0.2) is 4.98 Å². The number of hydrogen-bond acceptors (Lipinski definition) is 6. The summed E-state index contributed by atoms with van der Waals surface area (Å²) >= 11 is 3.14. The first kappa shape index (κ1) is 11.5. The van der Waals surface area contributed by atoms with E-state index in [0.29, 0.717) is 5.13 Å². The van der Waals surface area contributed by atoms with Gasteiger partial charge >= 0.3 is 0 Å². The van der Waals surface area contributed by atoms with Crippen molar-refractivity contribution in [3.63, 3.8) is 0 Å². The van der Waals surface area contributed by atoms with Crippen LogP contribution in [0.25, 0.3) is 9.88 Å². The summed E-state index contributed by atoms with van der Waals surface area (Å²) in [5.74, 6) is 0. The molecule has 2 rings (SSSR count). The Kier molecular flexibility index (Phi) is 3.50. The fraction of sp³-hybridized carbons (Fsp3) is 0.500. The molecule has 86 valence electrons. The number of nitrogen functional groups attached to an aromatic ring is 1. The standard InChI is InChI=1S/C10H14N4S2/c1-3-5-7-12-6(4-2)8(15-7)9-13-14-10(11)16-9/h3-5H2,1-2H3,(H2,11,14). The van der Waals surface area contributed by atoms with Gasteiger partial charge in [-0.1, -0.05) is 25.2 Å². The first-order valence-electron chi connectivity index (χ1n) is 5.32. The largest absolute Gasteiger partial charge is 0.374 e. The summed E-state index contributed by atoms with van der Waals surface area (Å²) in [6.07, 6.45) is 3.08. The highest BCUT2D eigenvalue weighted by atomic mass is 32.1. The molecule has 16 heavy (non-hydrogen) atoms. The molecule has 0 unspecified atom stereocenters. The second-order valence-electron chi connectivity index (χ2n) is 3.43. The lowest BCUT2D eigenvalue weighted by Crippen LogP contribution is -1.85. The van der Waals surface area contributed by atoms with Gasteiger partial charge < -0.3 is 5.73 Å². The molecule has 0 aromatic carbocycles. The quantitative estimate of drug-likeness (QED) is 0.911. The molecule has 0 spiro atoms. The first-order chi connectivity index (χ1) is 7.74. The topological polar surface area (TPSA) is 64.7 Å². The number of nitrogens with two attached hydrogens (primary N) is 1. The Morgan fingerprint density at radius 2 is 2.00 bits per heavy atom. The molecule has 2 aromatic rings. The minimum atomic E-state index is 0.516. The second kappa shape index (κ2) is 4.88. The molecule has 2 aromatic heterocycles. The van der Waals surface area contributed by atoms with E-state index in [-0.39, 0.29) is 0 Å². The van der Waals surface area contributed by atoms with Crippen LogP contribution in [0, 0.1) is 0 Å². The summed E-state index contributed by atoms with van der Waals surface area (Å²) < 4.78 is 0. The van der Waals surface area contributed by atoms with Gasteiger partial charge in [0.2, 0.25) is 5.13 Å². The fourth-order valence-electron chi connectivity index (χ4n) is 1.45. The molecule has 0 atom stereocenters. The maximum Gasteiger partial charge on any atom is 0.203 e. The first-order valence-corrected chi connectivity index (χ1v) is 6.95. The average Bonchev–Trinajstić information content (AvgIpc) is 2.84. The number of nitrogens with zero attached hydrogens (tertiary/aromatic N) is 3. The molecule has 0 radical (unpaired) electrons. The predicted molar refractivity (Wildman–Crippen MR) is 68.8 cm³/mol. The number of thiazole rings is 1. The number of aryl methyl sites for hydroxylation is 2. The number of rotatable bonds is 4. The highest BCUT2D eigenvalue weighted by Gasteiger charge is 2.14. The Morgan fingerprint density at radius 1 is 1.19 bits per heavy atom. The summed E-state index contributed by atoms with van der Waals surface area (Å²) in [7, 11) is 0. The minimum Gasteiger partial charge on any atom is -0.374 e. The van der Waals surface area contributed by atoms with Crippen LogP contribution in [0.3, 0.4) is 0 Å². The van der Waals surface area contributed by atoms with Crippen LogP contribution >= 0.6 is 22.7 Å². The van der Waals surface area contributed by atoms with Crippen LogP contribution in [0.15, 0.2) is 0 Å². The summed E-state index contributed by atoms with van der Waals surface area (Å²) in [6, 6.07) is 0. The normalized spacial score (nSPS) is 10.9. The van der Waals surface area contributed by atoms with E-state index in [2.05, 4.69) is 29.0 Å². The Bertz CT molecular complexity index is 475. The molecule has 0 amide bonds. The van der Waals surface area contributed by atoms with Crippen molar-refractivity contribution >= 4 is 27.8 Å². The third-order valence-electron chi connectivity index (χ3n) is 2.18. The van der Waals surface area contributed by atoms with Crippen molar-refractivity contribution in [3.8, 4) is 9.88 Å². The van der Waals surface area contributed by atoms with E-state index in [9.17, 15) is 0 Å². The summed E-state index contributed by atoms with van der Waals surface area (Å²) in [5.41, 5.74) is 6.72. The second-order valence-corrected chi connectivity index (χ2v) is 5.53. The van der Waals surface area contributed by atoms with Gasteiger partial charge in [0.15, 0.2) is 5.01 Å². The van der Waals surface area contributed by atoms with Crippen molar-refractivity contribution in [2.75, 3.05) is 5.73 Å². The lowest BCUT2D eigenvalue weighted by Gasteiger charge is -1.91. The Morgan fingerprint density at radius 3 is 2.56 bits per heavy atom. The molecule has 2 heterocycles. The van der Waals surface area contributed by atoms with Gasteiger partial charge in [0, 0.05) is 0 Å². The van der Waals surface area contributed by atoms with Gasteiger partial charge in [-0.2, -0.15) is 0 Å². The molecule has 0 aliphatic carbocycles. The van der Waals surface area contributed by atoms with Crippen LogP contribution in [-0.4, -0.2) is 15.2 Å². The number of anilines is 1. The minimum absolute atomic E-state index is 0.516. The molecule has 0 bridgehead atoms. The zero-order chi connectivity index (χ0) is 11.5. The fourth-order valence-corrected chi connectivity index (χ4v) is 3.41. The monoisotopic (exact) mass is 254 g/mol. The highest BCUT2D eigenvalue weighted by molar-refractivity contribution is 7.23. The van der Waals surface area contributed by atoms with Gasteiger partial charge in [-0.05, 0) is 19.3 Å². The zero-order valence-corrected chi connectivity index (χ0v) is 11.0. The van der Waals surface area contributed by atoms with Gasteiger partial charge in [-0.3, -0.25) is 0 Å². The molecule has 2 N–H and O–H groups in total. The van der Waals surface area contributed by atoms with Crippen LogP contribution in [0.5, 0.6) is 0 Å². The van der Waals surface area contributed by atoms with Gasteiger partial charge in [-0.15, -0.1) is 21.5 Å². The average molecular weight is 254 g/mol. The lowest BCUT2D eigenvalue weighted by atomic mass is 10.3. The summed E-state index contributed by atoms with van der Waals surface area (Å²) in [4.78, 5) is 5.76. The van der Waals surface area contributed by atoms with Crippen molar-refractivity contribution < 1.29 is 0 Å². The summed E-state index contributed by atoms with van der Waals surface area (Å²) in [5, 5.41) is 10.5. The van der Waals surface area contributed by atoms with Crippen molar-refractivity contribution in [2.24, 2.45) is 0 Å². The Hall–Kier alpha value is -1.01. The third-order valence-corrected chi connectivity index (χ3v) is 4.24. The van der Waals surface area contributed by atoms with E-state index in [1.165, 1.54) is 16.3 Å². The molecule has 4 nitrogen and oxygen atoms in total.